The minimum absolute atomic E-state index is 0.267. The number of amides is 1. The molecule has 1 aliphatic heterocycles. The maximum Gasteiger partial charge on any atom is 0.417 e. The number of nitrogens with zero attached hydrogens (tertiary/aromatic N) is 4. The fourth-order valence-electron chi connectivity index (χ4n) is 4.05. The maximum atomic E-state index is 13.4. The molecule has 1 amide bonds. The number of fused-ring (bicyclic) bond motifs is 1. The van der Waals surface area contributed by atoms with Gasteiger partial charge in [0, 0.05) is 37.0 Å². The van der Waals surface area contributed by atoms with Gasteiger partial charge < -0.3 is 9.80 Å². The summed E-state index contributed by atoms with van der Waals surface area (Å²) in [6.45, 7) is 1.08. The van der Waals surface area contributed by atoms with Gasteiger partial charge in [0.05, 0.1) is 11.1 Å². The van der Waals surface area contributed by atoms with Crippen LogP contribution in [-0.4, -0.2) is 47.2 Å². The summed E-state index contributed by atoms with van der Waals surface area (Å²) >= 11 is 6.14. The van der Waals surface area contributed by atoms with E-state index in [1.807, 2.05) is 29.2 Å². The Kier molecular flexibility index (Phi) is 5.94. The van der Waals surface area contributed by atoms with E-state index >= 15 is 0 Å². The zero-order chi connectivity index (χ0) is 23.0. The first kappa shape index (κ1) is 22.3. The zero-order valence-corrected chi connectivity index (χ0v) is 17.8. The Labute approximate surface area is 186 Å². The van der Waals surface area contributed by atoms with Crippen LogP contribution in [0.5, 0.6) is 0 Å². The van der Waals surface area contributed by atoms with Crippen molar-refractivity contribution >= 4 is 34.1 Å². The molecule has 1 aliphatic rings. The molecule has 168 valence electrons. The number of halogens is 5. The molecule has 0 N–H and O–H groups in total. The Morgan fingerprint density at radius 1 is 1.09 bits per heavy atom. The molecule has 3 aromatic rings. The van der Waals surface area contributed by atoms with Crippen molar-refractivity contribution in [3.63, 3.8) is 0 Å². The molecule has 0 aliphatic carbocycles. The van der Waals surface area contributed by atoms with Crippen LogP contribution in [0.25, 0.3) is 10.8 Å². The van der Waals surface area contributed by atoms with Crippen molar-refractivity contribution in [2.45, 2.75) is 25.1 Å². The van der Waals surface area contributed by atoms with Gasteiger partial charge in [-0.05, 0) is 31.0 Å². The molecule has 10 heteroatoms. The molecule has 4 rings (SSSR count). The Hall–Kier alpha value is -2.94. The molecular weight excluding hydrogens is 448 g/mol. The van der Waals surface area contributed by atoms with Crippen LogP contribution < -0.4 is 4.90 Å². The van der Waals surface area contributed by atoms with Crippen LogP contribution in [0.2, 0.25) is 5.15 Å². The van der Waals surface area contributed by atoms with Crippen LogP contribution in [0.4, 0.5) is 23.4 Å². The first-order valence-corrected chi connectivity index (χ1v) is 10.3. The second-order valence-corrected chi connectivity index (χ2v) is 8.04. The van der Waals surface area contributed by atoms with Gasteiger partial charge in [0.15, 0.2) is 11.0 Å². The average Bonchev–Trinajstić information content (AvgIpc) is 2.78. The van der Waals surface area contributed by atoms with Crippen LogP contribution in [0, 0.1) is 5.82 Å². The van der Waals surface area contributed by atoms with E-state index in [0.717, 1.165) is 22.9 Å². The maximum absolute atomic E-state index is 13.4. The molecule has 1 fully saturated rings. The highest BCUT2D eigenvalue weighted by Gasteiger charge is 2.37. The molecule has 2 heterocycles. The predicted octanol–water partition coefficient (Wildman–Crippen LogP) is 5.18. The molecule has 1 saturated heterocycles. The highest BCUT2D eigenvalue weighted by Crippen LogP contribution is 2.34. The van der Waals surface area contributed by atoms with Gasteiger partial charge in [-0.25, -0.2) is 4.39 Å². The normalized spacial score (nSPS) is 15.2. The highest BCUT2D eigenvalue weighted by molar-refractivity contribution is 6.34. The third-order valence-electron chi connectivity index (χ3n) is 5.77. The molecule has 32 heavy (non-hydrogen) atoms. The molecule has 0 saturated carbocycles. The summed E-state index contributed by atoms with van der Waals surface area (Å²) in [7, 11) is 1.48. The van der Waals surface area contributed by atoms with Crippen LogP contribution in [0.3, 0.4) is 0 Å². The summed E-state index contributed by atoms with van der Waals surface area (Å²) in [5, 5.41) is 10.2. The number of rotatable bonds is 3. The summed E-state index contributed by atoms with van der Waals surface area (Å²) in [5.74, 6) is -1.15. The number of hydrogen-bond donors (Lipinski definition) is 0. The van der Waals surface area contributed by atoms with Gasteiger partial charge >= 0.3 is 6.18 Å². The molecule has 1 aromatic heterocycles. The summed E-state index contributed by atoms with van der Waals surface area (Å²) in [5.41, 5.74) is -1.83. The first-order valence-electron chi connectivity index (χ1n) is 9.96. The lowest BCUT2D eigenvalue weighted by atomic mass is 10.00. The smallest absolute Gasteiger partial charge is 0.354 e. The van der Waals surface area contributed by atoms with Crippen molar-refractivity contribution in [1.82, 2.24) is 15.1 Å². The molecule has 5 nitrogen and oxygen atoms in total. The average molecular weight is 467 g/mol. The van der Waals surface area contributed by atoms with Gasteiger partial charge in [0.1, 0.15) is 5.82 Å². The fraction of sp³-hybridized carbons (Fsp3) is 0.318. The fourth-order valence-corrected chi connectivity index (χ4v) is 4.25. The van der Waals surface area contributed by atoms with Gasteiger partial charge in [-0.2, -0.15) is 13.2 Å². The molecule has 2 aromatic carbocycles. The molecule has 0 atom stereocenters. The van der Waals surface area contributed by atoms with Gasteiger partial charge in [0.2, 0.25) is 0 Å². The zero-order valence-electron chi connectivity index (χ0n) is 17.0. The Balaban J connectivity index is 1.51. The second-order valence-electron chi connectivity index (χ2n) is 7.68. The third kappa shape index (κ3) is 4.21. The molecule has 0 unspecified atom stereocenters. The Morgan fingerprint density at radius 2 is 1.75 bits per heavy atom. The SMILES string of the molecule is CN(C(=O)c1ccc(F)cc1C(F)(F)F)C1CCN(c2nnc(Cl)c3ccccc23)CC1. The van der Waals surface area contributed by atoms with Crippen LogP contribution >= 0.6 is 11.6 Å². The van der Waals surface area contributed by atoms with Gasteiger partial charge in [-0.15, -0.1) is 10.2 Å². The van der Waals surface area contributed by atoms with E-state index in [4.69, 9.17) is 11.6 Å². The Morgan fingerprint density at radius 3 is 2.41 bits per heavy atom. The van der Waals surface area contributed by atoms with E-state index in [-0.39, 0.29) is 6.04 Å². The number of piperidine rings is 1. The van der Waals surface area contributed by atoms with Gasteiger partial charge in [0.25, 0.3) is 5.91 Å². The van der Waals surface area contributed by atoms with Crippen molar-refractivity contribution in [3.05, 3.63) is 64.6 Å². The topological polar surface area (TPSA) is 49.3 Å². The summed E-state index contributed by atoms with van der Waals surface area (Å²) in [6.07, 6.45) is -3.77. The lowest BCUT2D eigenvalue weighted by Crippen LogP contribution is -2.46. The number of alkyl halides is 3. The third-order valence-corrected chi connectivity index (χ3v) is 6.05. The van der Waals surface area contributed by atoms with Crippen molar-refractivity contribution in [1.29, 1.82) is 0 Å². The second kappa shape index (κ2) is 8.54. The number of hydrogen-bond acceptors (Lipinski definition) is 4. The molecule has 0 radical (unpaired) electrons. The van der Waals surface area contributed by atoms with Crippen molar-refractivity contribution in [2.75, 3.05) is 25.0 Å². The van der Waals surface area contributed by atoms with Gasteiger partial charge in [-0.3, -0.25) is 4.79 Å². The predicted molar refractivity (Wildman–Crippen MR) is 113 cm³/mol. The van der Waals surface area contributed by atoms with Crippen LogP contribution in [-0.2, 0) is 6.18 Å². The molecule has 0 spiro atoms. The first-order chi connectivity index (χ1) is 15.2. The van der Waals surface area contributed by atoms with Crippen molar-refractivity contribution in [3.8, 4) is 0 Å². The minimum atomic E-state index is -4.83. The summed E-state index contributed by atoms with van der Waals surface area (Å²) in [6, 6.07) is 9.34. The van der Waals surface area contributed by atoms with E-state index in [2.05, 4.69) is 10.2 Å². The molecule has 0 bridgehead atoms. The van der Waals surface area contributed by atoms with Gasteiger partial charge in [-0.1, -0.05) is 35.9 Å². The summed E-state index contributed by atoms with van der Waals surface area (Å²) < 4.78 is 53.4. The largest absolute Gasteiger partial charge is 0.417 e. The lowest BCUT2D eigenvalue weighted by molar-refractivity contribution is -0.138. The van der Waals surface area contributed by atoms with E-state index in [1.165, 1.54) is 11.9 Å². The van der Waals surface area contributed by atoms with Crippen molar-refractivity contribution < 1.29 is 22.4 Å². The number of benzene rings is 2. The Bertz CT molecular complexity index is 1160. The quantitative estimate of drug-likeness (QED) is 0.499. The number of carbonyl (C=O) groups excluding carboxylic acids is 1. The van der Waals surface area contributed by atoms with Crippen LogP contribution in [0.15, 0.2) is 42.5 Å². The van der Waals surface area contributed by atoms with Crippen LogP contribution in [0.1, 0.15) is 28.8 Å². The van der Waals surface area contributed by atoms with E-state index < -0.39 is 29.0 Å². The van der Waals surface area contributed by atoms with E-state index in [0.29, 0.717) is 43.0 Å². The van der Waals surface area contributed by atoms with E-state index in [1.54, 1.807) is 0 Å². The summed E-state index contributed by atoms with van der Waals surface area (Å²) in [4.78, 5) is 16.2. The molecular formula is C22H19ClF4N4O. The standard InChI is InChI=1S/C22H19ClF4N4O/c1-30(21(32)17-7-6-13(24)12-18(17)22(25,26)27)14-8-10-31(11-9-14)20-16-5-3-2-4-15(16)19(23)28-29-20/h2-7,12,14H,8-11H2,1H3. The van der Waals surface area contributed by atoms with E-state index in [9.17, 15) is 22.4 Å². The number of carbonyl (C=O) groups is 1. The van der Waals surface area contributed by atoms with Crippen molar-refractivity contribution in [2.24, 2.45) is 0 Å². The highest BCUT2D eigenvalue weighted by atomic mass is 35.5. The number of aromatic nitrogens is 2. The lowest BCUT2D eigenvalue weighted by Gasteiger charge is -2.37. The number of anilines is 1. The monoisotopic (exact) mass is 466 g/mol. The minimum Gasteiger partial charge on any atom is -0.354 e.